The van der Waals surface area contributed by atoms with Crippen LogP contribution in [0.2, 0.25) is 5.02 Å². The predicted molar refractivity (Wildman–Crippen MR) is 111 cm³/mol. The van der Waals surface area contributed by atoms with Crippen molar-refractivity contribution in [3.05, 3.63) is 88.4 Å². The highest BCUT2D eigenvalue weighted by molar-refractivity contribution is 7.93. The molecule has 10 heteroatoms. The average molecular weight is 463 g/mol. The number of nitrogens with one attached hydrogen (secondary N) is 1. The Morgan fingerprint density at radius 2 is 1.74 bits per heavy atom. The van der Waals surface area contributed by atoms with E-state index in [0.717, 1.165) is 30.3 Å². The van der Waals surface area contributed by atoms with Crippen molar-refractivity contribution >= 4 is 44.8 Å². The SMILES string of the molecule is O=C(Nc1ccc2c(c1)N(S(=O)(=O)c1ccc(F)cc1)C(=O)C2)c1c(F)cccc1Cl. The zero-order chi connectivity index (χ0) is 22.3. The molecular formula is C21H13ClF2N2O4S. The molecule has 31 heavy (non-hydrogen) atoms. The molecule has 0 saturated heterocycles. The zero-order valence-corrected chi connectivity index (χ0v) is 17.2. The Balaban J connectivity index is 1.70. The van der Waals surface area contributed by atoms with Gasteiger partial charge in [-0.05, 0) is 54.1 Å². The van der Waals surface area contributed by atoms with Crippen LogP contribution >= 0.6 is 11.6 Å². The molecule has 4 rings (SSSR count). The second-order valence-electron chi connectivity index (χ2n) is 6.69. The fraction of sp³-hybridized carbons (Fsp3) is 0.0476. The number of hydrogen-bond acceptors (Lipinski definition) is 4. The lowest BCUT2D eigenvalue weighted by atomic mass is 10.1. The van der Waals surface area contributed by atoms with E-state index in [-0.39, 0.29) is 33.3 Å². The quantitative estimate of drug-likeness (QED) is 0.631. The van der Waals surface area contributed by atoms with Crippen molar-refractivity contribution in [1.82, 2.24) is 0 Å². The van der Waals surface area contributed by atoms with Gasteiger partial charge in [0.25, 0.3) is 15.9 Å². The van der Waals surface area contributed by atoms with Crippen molar-refractivity contribution in [2.45, 2.75) is 11.3 Å². The maximum atomic E-state index is 14.0. The summed E-state index contributed by atoms with van der Waals surface area (Å²) >= 11 is 5.91. The topological polar surface area (TPSA) is 83.6 Å². The van der Waals surface area contributed by atoms with Gasteiger partial charge in [-0.3, -0.25) is 9.59 Å². The van der Waals surface area contributed by atoms with Crippen LogP contribution in [0.25, 0.3) is 0 Å². The Bertz CT molecular complexity index is 1310. The van der Waals surface area contributed by atoms with Crippen molar-refractivity contribution in [2.75, 3.05) is 9.62 Å². The largest absolute Gasteiger partial charge is 0.322 e. The van der Waals surface area contributed by atoms with Crippen LogP contribution in [0.15, 0.2) is 65.6 Å². The molecule has 0 spiro atoms. The van der Waals surface area contributed by atoms with Crippen LogP contribution < -0.4 is 9.62 Å². The summed E-state index contributed by atoms with van der Waals surface area (Å²) in [4.78, 5) is 24.7. The van der Waals surface area contributed by atoms with Crippen molar-refractivity contribution in [3.8, 4) is 0 Å². The van der Waals surface area contributed by atoms with Crippen LogP contribution in [0.4, 0.5) is 20.2 Å². The zero-order valence-electron chi connectivity index (χ0n) is 15.6. The molecule has 0 aromatic heterocycles. The summed E-state index contributed by atoms with van der Waals surface area (Å²) in [5.41, 5.74) is 0.248. The van der Waals surface area contributed by atoms with E-state index in [1.807, 2.05) is 0 Å². The first kappa shape index (κ1) is 21.0. The van der Waals surface area contributed by atoms with E-state index in [0.29, 0.717) is 9.87 Å². The van der Waals surface area contributed by atoms with Crippen molar-refractivity contribution in [2.24, 2.45) is 0 Å². The molecule has 0 fully saturated rings. The Labute approximate surface area is 181 Å². The highest BCUT2D eigenvalue weighted by Gasteiger charge is 2.37. The van der Waals surface area contributed by atoms with Gasteiger partial charge in [-0.25, -0.2) is 21.5 Å². The second-order valence-corrected chi connectivity index (χ2v) is 8.88. The van der Waals surface area contributed by atoms with Gasteiger partial charge >= 0.3 is 0 Å². The summed E-state index contributed by atoms with van der Waals surface area (Å²) in [6.45, 7) is 0. The third-order valence-corrected chi connectivity index (χ3v) is 6.74. The molecule has 1 heterocycles. The number of sulfonamides is 1. The van der Waals surface area contributed by atoms with Crippen molar-refractivity contribution < 1.29 is 26.8 Å². The van der Waals surface area contributed by atoms with E-state index in [2.05, 4.69) is 5.32 Å². The summed E-state index contributed by atoms with van der Waals surface area (Å²) in [6.07, 6.45) is -0.164. The maximum absolute atomic E-state index is 14.0. The number of amides is 2. The molecule has 1 aliphatic rings. The Morgan fingerprint density at radius 1 is 1.03 bits per heavy atom. The Kier molecular flexibility index (Phi) is 5.24. The van der Waals surface area contributed by atoms with Crippen LogP contribution in [0.1, 0.15) is 15.9 Å². The van der Waals surface area contributed by atoms with Gasteiger partial charge in [0.15, 0.2) is 0 Å². The third-order valence-electron chi connectivity index (χ3n) is 4.67. The predicted octanol–water partition coefficient (Wildman–Crippen LogP) is 4.15. The number of anilines is 2. The summed E-state index contributed by atoms with van der Waals surface area (Å²) < 4.78 is 53.8. The summed E-state index contributed by atoms with van der Waals surface area (Å²) in [7, 11) is -4.31. The molecule has 6 nitrogen and oxygen atoms in total. The van der Waals surface area contributed by atoms with Crippen LogP contribution in [0, 0.1) is 11.6 Å². The molecule has 1 N–H and O–H groups in total. The molecule has 0 radical (unpaired) electrons. The van der Waals surface area contributed by atoms with Gasteiger partial charge < -0.3 is 5.32 Å². The van der Waals surface area contributed by atoms with Crippen molar-refractivity contribution in [3.63, 3.8) is 0 Å². The molecule has 3 aromatic rings. The highest BCUT2D eigenvalue weighted by Crippen LogP contribution is 2.36. The van der Waals surface area contributed by atoms with E-state index in [4.69, 9.17) is 11.6 Å². The first-order chi connectivity index (χ1) is 14.7. The number of halogens is 3. The lowest BCUT2D eigenvalue weighted by molar-refractivity contribution is -0.116. The summed E-state index contributed by atoms with van der Waals surface area (Å²) in [5.74, 6) is -2.97. The smallest absolute Gasteiger partial charge is 0.270 e. The van der Waals surface area contributed by atoms with Gasteiger partial charge in [-0.2, -0.15) is 0 Å². The molecule has 0 unspecified atom stereocenters. The normalized spacial score (nSPS) is 13.3. The Hall–Kier alpha value is -3.30. The minimum absolute atomic E-state index is 0.0479. The second kappa shape index (κ2) is 7.75. The van der Waals surface area contributed by atoms with Crippen LogP contribution in [-0.2, 0) is 21.2 Å². The van der Waals surface area contributed by atoms with Crippen LogP contribution in [0.3, 0.4) is 0 Å². The number of nitrogens with zero attached hydrogens (tertiary/aromatic N) is 1. The molecular weight excluding hydrogens is 450 g/mol. The number of benzene rings is 3. The van der Waals surface area contributed by atoms with Crippen molar-refractivity contribution in [1.29, 1.82) is 0 Å². The lowest BCUT2D eigenvalue weighted by Crippen LogP contribution is -2.33. The summed E-state index contributed by atoms with van der Waals surface area (Å²) in [5, 5.41) is 2.37. The molecule has 0 atom stereocenters. The monoisotopic (exact) mass is 462 g/mol. The van der Waals surface area contributed by atoms with Crippen LogP contribution in [0.5, 0.6) is 0 Å². The number of hydrogen-bond donors (Lipinski definition) is 1. The number of carbonyl (C=O) groups excluding carboxylic acids is 2. The summed E-state index contributed by atoms with van der Waals surface area (Å²) in [6, 6.07) is 12.1. The van der Waals surface area contributed by atoms with E-state index < -0.39 is 33.5 Å². The number of carbonyl (C=O) groups is 2. The molecule has 0 aliphatic carbocycles. The van der Waals surface area contributed by atoms with Crippen LogP contribution in [-0.4, -0.2) is 20.2 Å². The molecule has 1 aliphatic heterocycles. The van der Waals surface area contributed by atoms with E-state index >= 15 is 0 Å². The first-order valence-corrected chi connectivity index (χ1v) is 10.7. The third kappa shape index (κ3) is 3.77. The van der Waals surface area contributed by atoms with Gasteiger partial charge in [-0.15, -0.1) is 0 Å². The first-order valence-electron chi connectivity index (χ1n) is 8.90. The van der Waals surface area contributed by atoms with E-state index in [1.54, 1.807) is 0 Å². The van der Waals surface area contributed by atoms with E-state index in [9.17, 15) is 26.8 Å². The minimum atomic E-state index is -4.31. The molecule has 3 aromatic carbocycles. The lowest BCUT2D eigenvalue weighted by Gasteiger charge is -2.18. The molecule has 0 saturated carbocycles. The minimum Gasteiger partial charge on any atom is -0.322 e. The Morgan fingerprint density at radius 3 is 2.42 bits per heavy atom. The van der Waals surface area contributed by atoms with E-state index in [1.165, 1.54) is 30.3 Å². The maximum Gasteiger partial charge on any atom is 0.270 e. The van der Waals surface area contributed by atoms with Gasteiger partial charge in [0.1, 0.15) is 11.6 Å². The average Bonchev–Trinajstić information content (AvgIpc) is 3.04. The standard InChI is InChI=1S/C21H13ClF2N2O4S/c22-16-2-1-3-17(24)20(16)21(28)25-14-7-4-12-10-19(27)26(18(12)11-14)31(29,30)15-8-5-13(23)6-9-15/h1-9,11H,10H2,(H,25,28). The van der Waals surface area contributed by atoms with Gasteiger partial charge in [0.05, 0.1) is 27.6 Å². The number of rotatable bonds is 4. The van der Waals surface area contributed by atoms with Gasteiger partial charge in [0.2, 0.25) is 5.91 Å². The molecule has 158 valence electrons. The molecule has 0 bridgehead atoms. The fourth-order valence-corrected chi connectivity index (χ4v) is 4.93. The molecule has 2 amide bonds. The van der Waals surface area contributed by atoms with Gasteiger partial charge in [-0.1, -0.05) is 23.7 Å². The number of fused-ring (bicyclic) bond motifs is 1. The van der Waals surface area contributed by atoms with Gasteiger partial charge in [0, 0.05) is 5.69 Å². The highest BCUT2D eigenvalue weighted by atomic mass is 35.5. The fourth-order valence-electron chi connectivity index (χ4n) is 3.23.